The number of ether oxygens (including phenoxy) is 2. The summed E-state index contributed by atoms with van der Waals surface area (Å²) in [5, 5.41) is 0. The van der Waals surface area contributed by atoms with E-state index >= 15 is 0 Å². The summed E-state index contributed by atoms with van der Waals surface area (Å²) < 4.78 is 10.1. The third-order valence-electron chi connectivity index (χ3n) is 1.77. The normalized spacial score (nSPS) is 20.7. The Balaban J connectivity index is 2.13. The van der Waals surface area contributed by atoms with Gasteiger partial charge >= 0.3 is 0 Å². The quantitative estimate of drug-likeness (QED) is 0.588. The Morgan fingerprint density at radius 2 is 2.33 bits per heavy atom. The Kier molecular flexibility index (Phi) is 1.99. The van der Waals surface area contributed by atoms with E-state index in [0.29, 0.717) is 5.76 Å². The minimum absolute atomic E-state index is 0.696. The van der Waals surface area contributed by atoms with Crippen LogP contribution in [0.2, 0.25) is 0 Å². The zero-order valence-corrected chi connectivity index (χ0v) is 6.62. The zero-order valence-electron chi connectivity index (χ0n) is 6.62. The van der Waals surface area contributed by atoms with E-state index in [2.05, 4.69) is 12.3 Å². The number of hydrogen-bond donors (Lipinski definition) is 0. The van der Waals surface area contributed by atoms with Crippen LogP contribution >= 0.6 is 0 Å². The topological polar surface area (TPSA) is 18.5 Å². The predicted octanol–water partition coefficient (Wildman–Crippen LogP) is 2.43. The van der Waals surface area contributed by atoms with Crippen molar-refractivity contribution in [2.24, 2.45) is 0 Å². The Hall–Kier alpha value is -1.44. The number of hydrogen-bond acceptors (Lipinski definition) is 2. The number of rotatable bonds is 1. The van der Waals surface area contributed by atoms with E-state index in [4.69, 9.17) is 9.47 Å². The molecule has 0 atom stereocenters. The highest BCUT2D eigenvalue weighted by Gasteiger charge is 2.09. The third kappa shape index (κ3) is 1.42. The van der Waals surface area contributed by atoms with E-state index in [9.17, 15) is 0 Å². The van der Waals surface area contributed by atoms with Crippen LogP contribution in [0, 0.1) is 6.26 Å². The molecule has 2 nitrogen and oxygen atoms in total. The van der Waals surface area contributed by atoms with Gasteiger partial charge in [-0.15, -0.1) is 0 Å². The molecule has 12 heavy (non-hydrogen) atoms. The maximum absolute atomic E-state index is 5.22. The first-order valence-corrected chi connectivity index (χ1v) is 3.93. The SMILES string of the molecule is [C]1=C(C2=CC=CCC2)OC=CO1. The molecule has 1 aliphatic heterocycles. The predicted molar refractivity (Wildman–Crippen MR) is 44.5 cm³/mol. The van der Waals surface area contributed by atoms with Crippen molar-refractivity contribution in [3.63, 3.8) is 0 Å². The second-order valence-corrected chi connectivity index (χ2v) is 2.60. The molecular weight excluding hydrogens is 152 g/mol. The second kappa shape index (κ2) is 3.30. The van der Waals surface area contributed by atoms with Crippen LogP contribution in [-0.2, 0) is 9.47 Å². The summed E-state index contributed by atoms with van der Waals surface area (Å²) in [5.41, 5.74) is 1.14. The molecule has 0 N–H and O–H groups in total. The monoisotopic (exact) mass is 161 g/mol. The van der Waals surface area contributed by atoms with Crippen LogP contribution in [0.3, 0.4) is 0 Å². The van der Waals surface area contributed by atoms with E-state index in [1.807, 2.05) is 12.2 Å². The molecule has 1 heterocycles. The van der Waals surface area contributed by atoms with Gasteiger partial charge in [0.05, 0.1) is 0 Å². The van der Waals surface area contributed by atoms with E-state index < -0.39 is 0 Å². The highest BCUT2D eigenvalue weighted by atomic mass is 16.5. The summed E-state index contributed by atoms with van der Waals surface area (Å²) in [5.74, 6) is 0.696. The molecule has 1 aliphatic carbocycles. The van der Waals surface area contributed by atoms with Gasteiger partial charge in [0.2, 0.25) is 6.26 Å². The summed E-state index contributed by atoms with van der Waals surface area (Å²) in [4.78, 5) is 0. The lowest BCUT2D eigenvalue weighted by Gasteiger charge is -2.13. The highest BCUT2D eigenvalue weighted by molar-refractivity contribution is 5.31. The lowest BCUT2D eigenvalue weighted by Crippen LogP contribution is -1.98. The van der Waals surface area contributed by atoms with E-state index in [-0.39, 0.29) is 0 Å². The summed E-state index contributed by atoms with van der Waals surface area (Å²) in [6.45, 7) is 0. The largest absolute Gasteiger partial charge is 0.457 e. The highest BCUT2D eigenvalue weighted by Crippen LogP contribution is 2.22. The van der Waals surface area contributed by atoms with Gasteiger partial charge in [-0.2, -0.15) is 0 Å². The Morgan fingerprint density at radius 1 is 1.33 bits per heavy atom. The van der Waals surface area contributed by atoms with Crippen LogP contribution in [0.1, 0.15) is 12.8 Å². The zero-order chi connectivity index (χ0) is 8.23. The number of allylic oxidation sites excluding steroid dienone is 4. The second-order valence-electron chi connectivity index (χ2n) is 2.60. The lowest BCUT2D eigenvalue weighted by molar-refractivity contribution is 0.246. The van der Waals surface area contributed by atoms with Crippen LogP contribution in [0.15, 0.2) is 42.1 Å². The lowest BCUT2D eigenvalue weighted by atomic mass is 10.0. The van der Waals surface area contributed by atoms with Crippen LogP contribution in [-0.4, -0.2) is 0 Å². The molecule has 61 valence electrons. The molecule has 1 radical (unpaired) electrons. The van der Waals surface area contributed by atoms with Crippen molar-refractivity contribution < 1.29 is 9.47 Å². The molecule has 0 saturated carbocycles. The molecule has 0 aromatic heterocycles. The van der Waals surface area contributed by atoms with Crippen molar-refractivity contribution in [2.45, 2.75) is 12.8 Å². The van der Waals surface area contributed by atoms with Crippen LogP contribution in [0.4, 0.5) is 0 Å². The third-order valence-corrected chi connectivity index (χ3v) is 1.77. The molecule has 2 aliphatic rings. The van der Waals surface area contributed by atoms with Crippen LogP contribution in [0.25, 0.3) is 0 Å². The van der Waals surface area contributed by atoms with Gasteiger partial charge in [-0.05, 0) is 18.4 Å². The van der Waals surface area contributed by atoms with E-state index in [1.54, 1.807) is 0 Å². The van der Waals surface area contributed by atoms with Gasteiger partial charge in [-0.1, -0.05) is 18.2 Å². The molecule has 0 amide bonds. The fourth-order valence-electron chi connectivity index (χ4n) is 1.17. The molecule has 0 saturated heterocycles. The maximum Gasteiger partial charge on any atom is 0.215 e. The summed E-state index contributed by atoms with van der Waals surface area (Å²) in [7, 11) is 0. The molecule has 0 fully saturated rings. The standard InChI is InChI=1S/C10H9O2/c1-2-4-9(5-3-1)10-8-11-6-7-12-10/h1-2,4,6-7H,3,5H2. The minimum atomic E-state index is 0.696. The first-order chi connectivity index (χ1) is 5.97. The van der Waals surface area contributed by atoms with Crippen molar-refractivity contribution in [1.29, 1.82) is 0 Å². The first kappa shape index (κ1) is 7.22. The van der Waals surface area contributed by atoms with E-state index in [0.717, 1.165) is 18.4 Å². The van der Waals surface area contributed by atoms with Gasteiger partial charge in [0.1, 0.15) is 12.5 Å². The Labute approximate surface area is 71.5 Å². The van der Waals surface area contributed by atoms with Gasteiger partial charge in [-0.3, -0.25) is 0 Å². The summed E-state index contributed by atoms with van der Waals surface area (Å²) in [6.07, 6.45) is 13.9. The molecule has 2 heteroatoms. The Bertz CT molecular complexity index is 282. The van der Waals surface area contributed by atoms with Crippen LogP contribution < -0.4 is 0 Å². The van der Waals surface area contributed by atoms with Gasteiger partial charge in [0.25, 0.3) is 0 Å². The maximum atomic E-state index is 5.22. The molecule has 0 aromatic carbocycles. The van der Waals surface area contributed by atoms with Crippen molar-refractivity contribution in [1.82, 2.24) is 0 Å². The van der Waals surface area contributed by atoms with Crippen molar-refractivity contribution in [3.05, 3.63) is 48.3 Å². The molecule has 0 bridgehead atoms. The van der Waals surface area contributed by atoms with Gasteiger partial charge in [-0.25, -0.2) is 0 Å². The molecule has 0 unspecified atom stereocenters. The average molecular weight is 161 g/mol. The van der Waals surface area contributed by atoms with Gasteiger partial charge in [0.15, 0.2) is 5.76 Å². The molecule has 0 spiro atoms. The van der Waals surface area contributed by atoms with Gasteiger partial charge < -0.3 is 9.47 Å². The summed E-state index contributed by atoms with van der Waals surface area (Å²) in [6, 6.07) is 0. The van der Waals surface area contributed by atoms with Crippen molar-refractivity contribution >= 4 is 0 Å². The molecular formula is C10H9O2. The van der Waals surface area contributed by atoms with Gasteiger partial charge in [0, 0.05) is 0 Å². The van der Waals surface area contributed by atoms with Crippen molar-refractivity contribution in [3.8, 4) is 0 Å². The fourth-order valence-corrected chi connectivity index (χ4v) is 1.17. The molecule has 2 rings (SSSR count). The molecule has 0 aromatic rings. The Morgan fingerprint density at radius 3 is 3.00 bits per heavy atom. The fraction of sp³-hybridized carbons (Fsp3) is 0.200. The summed E-state index contributed by atoms with van der Waals surface area (Å²) >= 11 is 0. The van der Waals surface area contributed by atoms with Crippen molar-refractivity contribution in [2.75, 3.05) is 0 Å². The van der Waals surface area contributed by atoms with E-state index in [1.165, 1.54) is 12.5 Å². The van der Waals surface area contributed by atoms with Crippen LogP contribution in [0.5, 0.6) is 0 Å². The first-order valence-electron chi connectivity index (χ1n) is 3.93. The minimum Gasteiger partial charge on any atom is -0.457 e. The smallest absolute Gasteiger partial charge is 0.215 e. The average Bonchev–Trinajstić information content (AvgIpc) is 2.21.